The number of hydrogen-bond acceptors (Lipinski definition) is 3. The highest BCUT2D eigenvalue weighted by molar-refractivity contribution is 5.94. The molecule has 1 amide bonds. The lowest BCUT2D eigenvalue weighted by molar-refractivity contribution is 0.0950. The lowest BCUT2D eigenvalue weighted by atomic mass is 10.1. The van der Waals surface area contributed by atoms with Crippen molar-refractivity contribution in [1.82, 2.24) is 5.32 Å². The van der Waals surface area contributed by atoms with Gasteiger partial charge in [-0.25, -0.2) is 4.39 Å². The quantitative estimate of drug-likeness (QED) is 0.317. The molecule has 0 aromatic heterocycles. The molecule has 0 saturated heterocycles. The third-order valence-electron chi connectivity index (χ3n) is 2.16. The van der Waals surface area contributed by atoms with E-state index >= 15 is 0 Å². The Hall–Kier alpha value is -2.11. The fourth-order valence-electron chi connectivity index (χ4n) is 1.25. The maximum atomic E-state index is 13.4. The summed E-state index contributed by atoms with van der Waals surface area (Å²) in [5, 5.41) is 13.5. The number of rotatable bonds is 4. The van der Waals surface area contributed by atoms with E-state index in [0.29, 0.717) is 0 Å². The maximum absolute atomic E-state index is 13.4. The largest absolute Gasteiger partial charge is 0.409 e. The van der Waals surface area contributed by atoms with Gasteiger partial charge < -0.3 is 16.3 Å². The highest BCUT2D eigenvalue weighted by Gasteiger charge is 2.10. The van der Waals surface area contributed by atoms with Crippen molar-refractivity contribution in [2.75, 3.05) is 6.54 Å². The monoisotopic (exact) mass is 239 g/mol. The summed E-state index contributed by atoms with van der Waals surface area (Å²) in [5.74, 6) is -1.07. The zero-order valence-electron chi connectivity index (χ0n) is 9.40. The summed E-state index contributed by atoms with van der Waals surface area (Å²) >= 11 is 0. The number of nitrogens with zero attached hydrogens (tertiary/aromatic N) is 1. The normalized spacial score (nSPS) is 11.3. The molecule has 0 atom stereocenters. The molecule has 0 heterocycles. The van der Waals surface area contributed by atoms with E-state index < -0.39 is 11.7 Å². The Morgan fingerprint density at radius 1 is 1.59 bits per heavy atom. The van der Waals surface area contributed by atoms with Crippen LogP contribution in [0.3, 0.4) is 0 Å². The van der Waals surface area contributed by atoms with Gasteiger partial charge in [-0.05, 0) is 24.6 Å². The van der Waals surface area contributed by atoms with Gasteiger partial charge in [0.05, 0.1) is 5.56 Å². The van der Waals surface area contributed by atoms with Crippen LogP contribution in [0.4, 0.5) is 4.39 Å². The van der Waals surface area contributed by atoms with Crippen molar-refractivity contribution >= 4 is 11.7 Å². The molecular formula is C11H14FN3O2. The van der Waals surface area contributed by atoms with Gasteiger partial charge in [0, 0.05) is 13.0 Å². The first-order valence-corrected chi connectivity index (χ1v) is 5.05. The van der Waals surface area contributed by atoms with E-state index in [2.05, 4.69) is 10.5 Å². The highest BCUT2D eigenvalue weighted by atomic mass is 19.1. The van der Waals surface area contributed by atoms with E-state index in [1.807, 2.05) is 0 Å². The summed E-state index contributed by atoms with van der Waals surface area (Å²) < 4.78 is 13.4. The first-order chi connectivity index (χ1) is 8.04. The number of hydrogen-bond donors (Lipinski definition) is 3. The van der Waals surface area contributed by atoms with E-state index in [0.717, 1.165) is 5.56 Å². The van der Waals surface area contributed by atoms with Crippen molar-refractivity contribution in [2.45, 2.75) is 13.3 Å². The average Bonchev–Trinajstić information content (AvgIpc) is 2.28. The molecule has 1 aromatic carbocycles. The van der Waals surface area contributed by atoms with E-state index in [-0.39, 0.29) is 24.4 Å². The van der Waals surface area contributed by atoms with Gasteiger partial charge in [0.1, 0.15) is 11.7 Å². The average molecular weight is 239 g/mol. The van der Waals surface area contributed by atoms with Gasteiger partial charge in [-0.3, -0.25) is 4.79 Å². The topological polar surface area (TPSA) is 87.7 Å². The Bertz CT molecular complexity index is 446. The summed E-state index contributed by atoms with van der Waals surface area (Å²) in [6.45, 7) is 1.92. The second-order valence-corrected chi connectivity index (χ2v) is 3.58. The molecule has 0 aliphatic heterocycles. The van der Waals surface area contributed by atoms with Crippen molar-refractivity contribution in [3.8, 4) is 0 Å². The number of amidine groups is 1. The third-order valence-corrected chi connectivity index (χ3v) is 2.16. The SMILES string of the molecule is Cc1ccc(C(=O)NCCC(N)=NO)c(F)c1. The molecule has 5 nitrogen and oxygen atoms in total. The molecule has 1 aromatic rings. The van der Waals surface area contributed by atoms with Crippen molar-refractivity contribution in [1.29, 1.82) is 0 Å². The lowest BCUT2D eigenvalue weighted by Gasteiger charge is -2.06. The minimum Gasteiger partial charge on any atom is -0.409 e. The van der Waals surface area contributed by atoms with Crippen molar-refractivity contribution < 1.29 is 14.4 Å². The van der Waals surface area contributed by atoms with Gasteiger partial charge in [-0.1, -0.05) is 11.2 Å². The number of aryl methyl sites for hydroxylation is 1. The van der Waals surface area contributed by atoms with Crippen LogP contribution in [0.2, 0.25) is 0 Å². The van der Waals surface area contributed by atoms with E-state index in [1.54, 1.807) is 13.0 Å². The fourth-order valence-corrected chi connectivity index (χ4v) is 1.25. The molecular weight excluding hydrogens is 225 g/mol. The molecule has 1 rings (SSSR count). The standard InChI is InChI=1S/C11H14FN3O2/c1-7-2-3-8(9(12)6-7)11(16)14-5-4-10(13)15-17/h2-3,6,17H,4-5H2,1H3,(H2,13,15)(H,14,16). The van der Waals surface area contributed by atoms with Crippen LogP contribution in [0.15, 0.2) is 23.4 Å². The number of oxime groups is 1. The Morgan fingerprint density at radius 2 is 2.29 bits per heavy atom. The van der Waals surface area contributed by atoms with Crippen LogP contribution >= 0.6 is 0 Å². The predicted molar refractivity (Wildman–Crippen MR) is 61.5 cm³/mol. The molecule has 0 aliphatic carbocycles. The van der Waals surface area contributed by atoms with Crippen LogP contribution < -0.4 is 11.1 Å². The lowest BCUT2D eigenvalue weighted by Crippen LogP contribution is -2.28. The van der Waals surface area contributed by atoms with E-state index in [9.17, 15) is 9.18 Å². The summed E-state index contributed by atoms with van der Waals surface area (Å²) in [6, 6.07) is 4.36. The van der Waals surface area contributed by atoms with Gasteiger partial charge in [0.15, 0.2) is 0 Å². The zero-order valence-corrected chi connectivity index (χ0v) is 9.40. The van der Waals surface area contributed by atoms with Crippen LogP contribution in [0, 0.1) is 12.7 Å². The molecule has 17 heavy (non-hydrogen) atoms. The number of nitrogens with two attached hydrogens (primary N) is 1. The molecule has 0 aliphatic rings. The predicted octanol–water partition coefficient (Wildman–Crippen LogP) is 1.00. The molecule has 4 N–H and O–H groups in total. The van der Waals surface area contributed by atoms with Crippen LogP contribution in [-0.4, -0.2) is 23.5 Å². The first kappa shape index (κ1) is 13.0. The van der Waals surface area contributed by atoms with Crippen LogP contribution in [-0.2, 0) is 0 Å². The molecule has 92 valence electrons. The van der Waals surface area contributed by atoms with Gasteiger partial charge in [0.2, 0.25) is 0 Å². The smallest absolute Gasteiger partial charge is 0.254 e. The summed E-state index contributed by atoms with van der Waals surface area (Å²) in [6.07, 6.45) is 0.204. The van der Waals surface area contributed by atoms with Crippen molar-refractivity contribution in [3.05, 3.63) is 35.1 Å². The minimum atomic E-state index is -0.564. The fraction of sp³-hybridized carbons (Fsp3) is 0.273. The van der Waals surface area contributed by atoms with Gasteiger partial charge in [-0.15, -0.1) is 0 Å². The van der Waals surface area contributed by atoms with E-state index in [4.69, 9.17) is 10.9 Å². The maximum Gasteiger partial charge on any atom is 0.254 e. The van der Waals surface area contributed by atoms with Crippen LogP contribution in [0.1, 0.15) is 22.3 Å². The number of nitrogens with one attached hydrogen (secondary N) is 1. The Balaban J connectivity index is 2.58. The third kappa shape index (κ3) is 3.75. The Kier molecular flexibility index (Phi) is 4.45. The molecule has 6 heteroatoms. The number of halogens is 1. The highest BCUT2D eigenvalue weighted by Crippen LogP contribution is 2.09. The first-order valence-electron chi connectivity index (χ1n) is 5.05. The number of benzene rings is 1. The van der Waals surface area contributed by atoms with Gasteiger partial charge >= 0.3 is 0 Å². The molecule has 0 spiro atoms. The Morgan fingerprint density at radius 3 is 2.88 bits per heavy atom. The van der Waals surface area contributed by atoms with Crippen LogP contribution in [0.25, 0.3) is 0 Å². The molecule has 0 unspecified atom stereocenters. The van der Waals surface area contributed by atoms with Crippen LogP contribution in [0.5, 0.6) is 0 Å². The number of carbonyl (C=O) groups excluding carboxylic acids is 1. The zero-order chi connectivity index (χ0) is 12.8. The molecule has 0 saturated carbocycles. The summed E-state index contributed by atoms with van der Waals surface area (Å²) in [5.41, 5.74) is 5.95. The number of carbonyl (C=O) groups is 1. The second kappa shape index (κ2) is 5.83. The number of amides is 1. The molecule has 0 radical (unpaired) electrons. The van der Waals surface area contributed by atoms with Gasteiger partial charge in [0.25, 0.3) is 5.91 Å². The summed E-state index contributed by atoms with van der Waals surface area (Å²) in [7, 11) is 0. The molecule has 0 bridgehead atoms. The van der Waals surface area contributed by atoms with Gasteiger partial charge in [-0.2, -0.15) is 0 Å². The second-order valence-electron chi connectivity index (χ2n) is 3.58. The summed E-state index contributed by atoms with van der Waals surface area (Å²) in [4.78, 5) is 11.6. The Labute approximate surface area is 98.1 Å². The minimum absolute atomic E-state index is 0.00896. The van der Waals surface area contributed by atoms with Crippen molar-refractivity contribution in [2.24, 2.45) is 10.9 Å². The van der Waals surface area contributed by atoms with Crippen molar-refractivity contribution in [3.63, 3.8) is 0 Å². The molecule has 0 fully saturated rings. The van der Waals surface area contributed by atoms with E-state index in [1.165, 1.54) is 12.1 Å².